The lowest BCUT2D eigenvalue weighted by Gasteiger charge is -2.01. The van der Waals surface area contributed by atoms with Crippen molar-refractivity contribution in [2.75, 3.05) is 7.11 Å². The molecule has 1 aromatic carbocycles. The first-order chi connectivity index (χ1) is 8.15. The molecule has 0 bridgehead atoms. The van der Waals surface area contributed by atoms with Gasteiger partial charge in [-0.05, 0) is 18.6 Å². The van der Waals surface area contributed by atoms with Crippen LogP contribution in [0.5, 0.6) is 0 Å². The third-order valence-corrected chi connectivity index (χ3v) is 1.90. The van der Waals surface area contributed by atoms with Gasteiger partial charge in [-0.15, -0.1) is 0 Å². The number of carbonyl (C=O) groups is 2. The fraction of sp³-hybridized carbons (Fsp3) is 0.286. The van der Waals surface area contributed by atoms with Gasteiger partial charge in [0.1, 0.15) is 5.57 Å². The quantitative estimate of drug-likeness (QED) is 0.349. The van der Waals surface area contributed by atoms with E-state index in [-0.39, 0.29) is 11.4 Å². The Bertz CT molecular complexity index is 391. The van der Waals surface area contributed by atoms with Crippen molar-refractivity contribution in [3.05, 3.63) is 41.5 Å². The topological polar surface area (TPSA) is 43.4 Å². The van der Waals surface area contributed by atoms with Crippen LogP contribution < -0.4 is 0 Å². The molecule has 92 valence electrons. The zero-order valence-electron chi connectivity index (χ0n) is 10.7. The lowest BCUT2D eigenvalue weighted by molar-refractivity contribution is -0.137. The van der Waals surface area contributed by atoms with Crippen LogP contribution in [-0.4, -0.2) is 18.9 Å². The fourth-order valence-corrected chi connectivity index (χ4v) is 1.13. The van der Waals surface area contributed by atoms with E-state index >= 15 is 0 Å². The normalized spacial score (nSPS) is 10.0. The number of ether oxygens (including phenoxy) is 1. The second kappa shape index (κ2) is 8.28. The summed E-state index contributed by atoms with van der Waals surface area (Å²) in [5.74, 6) is -0.906. The number of ketones is 1. The van der Waals surface area contributed by atoms with Crippen molar-refractivity contribution in [2.24, 2.45) is 0 Å². The van der Waals surface area contributed by atoms with Gasteiger partial charge in [-0.1, -0.05) is 44.2 Å². The molecule has 0 saturated heterocycles. The maximum absolute atomic E-state index is 11.2. The number of carbonyl (C=O) groups excluding carboxylic acids is 2. The first-order valence-corrected chi connectivity index (χ1v) is 5.51. The second-order valence-corrected chi connectivity index (χ2v) is 3.02. The molecule has 0 radical (unpaired) electrons. The Kier molecular flexibility index (Phi) is 7.35. The third kappa shape index (κ3) is 5.11. The first kappa shape index (κ1) is 15.1. The molecular weight excluding hydrogens is 216 g/mol. The fourth-order valence-electron chi connectivity index (χ4n) is 1.13. The van der Waals surface area contributed by atoms with Crippen molar-refractivity contribution >= 4 is 17.8 Å². The molecule has 0 fully saturated rings. The standard InChI is InChI=1S/C12H12O3.C2H6/c1-9(13)11(12(14)15-2)8-10-6-4-3-5-7-10;1-2/h3-8H,1-2H3;1-2H3/b11-8+;. The molecule has 0 amide bonds. The van der Waals surface area contributed by atoms with E-state index in [1.165, 1.54) is 20.1 Å². The molecule has 3 heteroatoms. The van der Waals surface area contributed by atoms with E-state index in [0.717, 1.165) is 5.56 Å². The molecule has 0 spiro atoms. The van der Waals surface area contributed by atoms with E-state index < -0.39 is 5.97 Å². The minimum atomic E-state index is -0.605. The lowest BCUT2D eigenvalue weighted by Crippen LogP contribution is -2.11. The molecule has 1 rings (SSSR count). The van der Waals surface area contributed by atoms with Crippen LogP contribution in [0.1, 0.15) is 26.3 Å². The van der Waals surface area contributed by atoms with Gasteiger partial charge in [-0.25, -0.2) is 4.79 Å². The van der Waals surface area contributed by atoms with Gasteiger partial charge in [-0.3, -0.25) is 4.79 Å². The van der Waals surface area contributed by atoms with Crippen LogP contribution in [0.25, 0.3) is 6.08 Å². The maximum Gasteiger partial charge on any atom is 0.341 e. The molecule has 0 aliphatic heterocycles. The Labute approximate surface area is 102 Å². The number of Topliss-reactive ketones (excluding diaryl/α,β-unsaturated/α-hetero) is 1. The molecule has 0 aromatic heterocycles. The van der Waals surface area contributed by atoms with Gasteiger partial charge in [0, 0.05) is 0 Å². The Balaban J connectivity index is 0.00000121. The van der Waals surface area contributed by atoms with Gasteiger partial charge in [0.15, 0.2) is 5.78 Å². The van der Waals surface area contributed by atoms with Crippen LogP contribution in [0, 0.1) is 0 Å². The Morgan fingerprint density at radius 1 is 1.12 bits per heavy atom. The van der Waals surface area contributed by atoms with Gasteiger partial charge in [-0.2, -0.15) is 0 Å². The van der Waals surface area contributed by atoms with E-state index in [9.17, 15) is 9.59 Å². The minimum absolute atomic E-state index is 0.0590. The zero-order chi connectivity index (χ0) is 13.3. The number of hydrogen-bond donors (Lipinski definition) is 0. The molecule has 0 unspecified atom stereocenters. The molecule has 0 N–H and O–H groups in total. The van der Waals surface area contributed by atoms with E-state index in [2.05, 4.69) is 4.74 Å². The van der Waals surface area contributed by atoms with E-state index in [1.54, 1.807) is 0 Å². The largest absolute Gasteiger partial charge is 0.465 e. The molecule has 0 atom stereocenters. The van der Waals surface area contributed by atoms with Gasteiger partial charge in [0.05, 0.1) is 7.11 Å². The van der Waals surface area contributed by atoms with E-state index in [0.29, 0.717) is 0 Å². The zero-order valence-corrected chi connectivity index (χ0v) is 10.7. The Morgan fingerprint density at radius 2 is 1.65 bits per heavy atom. The molecule has 17 heavy (non-hydrogen) atoms. The van der Waals surface area contributed by atoms with Gasteiger partial charge in [0.25, 0.3) is 0 Å². The third-order valence-electron chi connectivity index (χ3n) is 1.90. The number of benzene rings is 1. The summed E-state index contributed by atoms with van der Waals surface area (Å²) in [6.07, 6.45) is 1.52. The highest BCUT2D eigenvalue weighted by molar-refractivity contribution is 6.19. The monoisotopic (exact) mass is 234 g/mol. The summed E-state index contributed by atoms with van der Waals surface area (Å²) in [4.78, 5) is 22.4. The predicted octanol–water partition coefficient (Wildman–Crippen LogP) is 2.86. The van der Waals surface area contributed by atoms with Crippen LogP contribution in [0.2, 0.25) is 0 Å². The summed E-state index contributed by atoms with van der Waals surface area (Å²) in [6, 6.07) is 9.16. The highest BCUT2D eigenvalue weighted by atomic mass is 16.5. The molecule has 1 aromatic rings. The molecule has 0 saturated carbocycles. The van der Waals surface area contributed by atoms with Crippen molar-refractivity contribution in [1.82, 2.24) is 0 Å². The van der Waals surface area contributed by atoms with Gasteiger partial charge in [0.2, 0.25) is 0 Å². The molecule has 0 heterocycles. The van der Waals surface area contributed by atoms with E-state index in [4.69, 9.17) is 0 Å². The van der Waals surface area contributed by atoms with Crippen molar-refractivity contribution in [2.45, 2.75) is 20.8 Å². The summed E-state index contributed by atoms with van der Waals surface area (Å²) in [5.41, 5.74) is 0.858. The van der Waals surface area contributed by atoms with Crippen LogP contribution >= 0.6 is 0 Å². The van der Waals surface area contributed by atoms with Crippen LogP contribution in [-0.2, 0) is 14.3 Å². The summed E-state index contributed by atoms with van der Waals surface area (Å²) in [6.45, 7) is 5.34. The Morgan fingerprint density at radius 3 is 2.06 bits per heavy atom. The van der Waals surface area contributed by atoms with E-state index in [1.807, 2.05) is 44.2 Å². The molecular formula is C14H18O3. The molecule has 3 nitrogen and oxygen atoms in total. The summed E-state index contributed by atoms with van der Waals surface area (Å²) >= 11 is 0. The first-order valence-electron chi connectivity index (χ1n) is 5.51. The van der Waals surface area contributed by atoms with Crippen LogP contribution in [0.3, 0.4) is 0 Å². The van der Waals surface area contributed by atoms with Gasteiger partial charge < -0.3 is 4.74 Å². The minimum Gasteiger partial charge on any atom is -0.465 e. The number of rotatable bonds is 3. The lowest BCUT2D eigenvalue weighted by atomic mass is 10.1. The van der Waals surface area contributed by atoms with Crippen molar-refractivity contribution in [3.63, 3.8) is 0 Å². The van der Waals surface area contributed by atoms with Crippen molar-refractivity contribution < 1.29 is 14.3 Å². The summed E-state index contributed by atoms with van der Waals surface area (Å²) in [7, 11) is 1.25. The SMILES string of the molecule is CC.COC(=O)/C(=C/c1ccccc1)C(C)=O. The Hall–Kier alpha value is -1.90. The summed E-state index contributed by atoms with van der Waals surface area (Å²) < 4.78 is 4.52. The maximum atomic E-state index is 11.2. The average molecular weight is 234 g/mol. The average Bonchev–Trinajstić information content (AvgIpc) is 2.38. The second-order valence-electron chi connectivity index (χ2n) is 3.02. The predicted molar refractivity (Wildman–Crippen MR) is 68.5 cm³/mol. The van der Waals surface area contributed by atoms with Crippen molar-refractivity contribution in [1.29, 1.82) is 0 Å². The number of esters is 1. The number of hydrogen-bond acceptors (Lipinski definition) is 3. The molecule has 0 aliphatic rings. The highest BCUT2D eigenvalue weighted by Crippen LogP contribution is 2.08. The number of methoxy groups -OCH3 is 1. The summed E-state index contributed by atoms with van der Waals surface area (Å²) in [5, 5.41) is 0. The molecule has 0 aliphatic carbocycles. The smallest absolute Gasteiger partial charge is 0.341 e. The van der Waals surface area contributed by atoms with Gasteiger partial charge >= 0.3 is 5.97 Å². The van der Waals surface area contributed by atoms with Crippen LogP contribution in [0.4, 0.5) is 0 Å². The highest BCUT2D eigenvalue weighted by Gasteiger charge is 2.14. The van der Waals surface area contributed by atoms with Crippen molar-refractivity contribution in [3.8, 4) is 0 Å². The van der Waals surface area contributed by atoms with Crippen LogP contribution in [0.15, 0.2) is 35.9 Å².